The first-order valence-electron chi connectivity index (χ1n) is 9.55. The second-order valence-electron chi connectivity index (χ2n) is 7.64. The molecule has 2 N–H and O–H groups in total. The zero-order valence-corrected chi connectivity index (χ0v) is 15.8. The molecule has 7 nitrogen and oxygen atoms in total. The van der Waals surface area contributed by atoms with Gasteiger partial charge in [-0.15, -0.1) is 0 Å². The van der Waals surface area contributed by atoms with Crippen molar-refractivity contribution in [3.63, 3.8) is 0 Å². The standard InChI is InChI=1S/C20H24FN5O2/c1-25-12-15(11-23-25)13-26-18(27)20(24-19(26)28,16-6-8-22-9-7-16)10-14-2-4-17(21)5-3-14/h2-5,11-12,16,22H,6-10,13H2,1H3,(H,24,28). The number of carbonyl (C=O) groups is 2. The van der Waals surface area contributed by atoms with Crippen LogP contribution in [0.2, 0.25) is 0 Å². The number of imide groups is 1. The Hall–Kier alpha value is -2.74. The lowest BCUT2D eigenvalue weighted by atomic mass is 9.74. The van der Waals surface area contributed by atoms with Crippen LogP contribution in [0.15, 0.2) is 36.7 Å². The van der Waals surface area contributed by atoms with Crippen LogP contribution in [0.1, 0.15) is 24.0 Å². The summed E-state index contributed by atoms with van der Waals surface area (Å²) in [6, 6.07) is 5.76. The van der Waals surface area contributed by atoms with Gasteiger partial charge in [0.05, 0.1) is 12.7 Å². The van der Waals surface area contributed by atoms with Crippen molar-refractivity contribution in [2.75, 3.05) is 13.1 Å². The molecule has 1 aromatic carbocycles. The van der Waals surface area contributed by atoms with Crippen LogP contribution in [-0.2, 0) is 24.8 Å². The predicted molar refractivity (Wildman–Crippen MR) is 101 cm³/mol. The summed E-state index contributed by atoms with van der Waals surface area (Å²) in [5, 5.41) is 10.4. The van der Waals surface area contributed by atoms with Crippen molar-refractivity contribution in [1.82, 2.24) is 25.3 Å². The molecule has 0 radical (unpaired) electrons. The number of nitrogens with one attached hydrogen (secondary N) is 2. The van der Waals surface area contributed by atoms with Crippen molar-refractivity contribution >= 4 is 11.9 Å². The number of aromatic nitrogens is 2. The van der Waals surface area contributed by atoms with Crippen LogP contribution < -0.4 is 10.6 Å². The van der Waals surface area contributed by atoms with Gasteiger partial charge in [-0.05, 0) is 49.5 Å². The Morgan fingerprint density at radius 1 is 1.18 bits per heavy atom. The van der Waals surface area contributed by atoms with Crippen molar-refractivity contribution in [2.45, 2.75) is 31.3 Å². The number of amides is 3. The summed E-state index contributed by atoms with van der Waals surface area (Å²) in [6.07, 6.45) is 5.41. The maximum Gasteiger partial charge on any atom is 0.325 e. The van der Waals surface area contributed by atoms with E-state index in [1.165, 1.54) is 17.0 Å². The van der Waals surface area contributed by atoms with Gasteiger partial charge in [-0.1, -0.05) is 12.1 Å². The average molecular weight is 385 g/mol. The highest BCUT2D eigenvalue weighted by atomic mass is 19.1. The SMILES string of the molecule is Cn1cc(CN2C(=O)NC(Cc3ccc(F)cc3)(C3CCNCC3)C2=O)cn1. The number of carbonyl (C=O) groups excluding carboxylic acids is 2. The van der Waals surface area contributed by atoms with E-state index in [1.807, 2.05) is 0 Å². The number of rotatable bonds is 5. The zero-order chi connectivity index (χ0) is 19.7. The van der Waals surface area contributed by atoms with Gasteiger partial charge >= 0.3 is 6.03 Å². The Morgan fingerprint density at radius 2 is 1.89 bits per heavy atom. The number of halogens is 1. The van der Waals surface area contributed by atoms with E-state index < -0.39 is 5.54 Å². The van der Waals surface area contributed by atoms with Crippen molar-refractivity contribution in [2.24, 2.45) is 13.0 Å². The summed E-state index contributed by atoms with van der Waals surface area (Å²) in [5.74, 6) is -0.508. The Morgan fingerprint density at radius 3 is 2.54 bits per heavy atom. The van der Waals surface area contributed by atoms with E-state index in [9.17, 15) is 14.0 Å². The topological polar surface area (TPSA) is 79.3 Å². The van der Waals surface area contributed by atoms with Gasteiger partial charge in [0.1, 0.15) is 11.4 Å². The molecule has 2 saturated heterocycles. The van der Waals surface area contributed by atoms with Gasteiger partial charge in [0.2, 0.25) is 0 Å². The van der Waals surface area contributed by atoms with E-state index in [4.69, 9.17) is 0 Å². The van der Waals surface area contributed by atoms with E-state index >= 15 is 0 Å². The molecular formula is C20H24FN5O2. The molecule has 0 aliphatic carbocycles. The van der Waals surface area contributed by atoms with E-state index in [-0.39, 0.29) is 30.2 Å². The minimum atomic E-state index is -1.00. The largest absolute Gasteiger partial charge is 0.325 e. The number of hydrogen-bond acceptors (Lipinski definition) is 4. The van der Waals surface area contributed by atoms with Crippen LogP contribution in [0.4, 0.5) is 9.18 Å². The highest BCUT2D eigenvalue weighted by molar-refractivity contribution is 6.07. The smallest absolute Gasteiger partial charge is 0.322 e. The average Bonchev–Trinajstić information content (AvgIpc) is 3.21. The van der Waals surface area contributed by atoms with Crippen LogP contribution >= 0.6 is 0 Å². The van der Waals surface area contributed by atoms with Crippen LogP contribution in [0, 0.1) is 11.7 Å². The van der Waals surface area contributed by atoms with Crippen LogP contribution in [-0.4, -0.2) is 45.2 Å². The quantitative estimate of drug-likeness (QED) is 0.767. The maximum atomic E-state index is 13.5. The first kappa shape index (κ1) is 18.6. The minimum Gasteiger partial charge on any atom is -0.322 e. The Bertz CT molecular complexity index is 875. The Kier molecular flexibility index (Phi) is 4.89. The normalized spacial score (nSPS) is 23.3. The molecule has 3 heterocycles. The molecule has 0 spiro atoms. The number of nitrogens with zero attached hydrogens (tertiary/aromatic N) is 3. The Balaban J connectivity index is 1.65. The van der Waals surface area contributed by atoms with E-state index in [1.54, 1.807) is 36.3 Å². The molecule has 1 aromatic heterocycles. The third-order valence-electron chi connectivity index (χ3n) is 5.73. The summed E-state index contributed by atoms with van der Waals surface area (Å²) in [6.45, 7) is 1.80. The highest BCUT2D eigenvalue weighted by Gasteiger charge is 2.55. The first-order chi connectivity index (χ1) is 13.5. The second kappa shape index (κ2) is 7.35. The van der Waals surface area contributed by atoms with Crippen molar-refractivity contribution < 1.29 is 14.0 Å². The number of piperidine rings is 1. The molecule has 4 rings (SSSR count). The fourth-order valence-corrected chi connectivity index (χ4v) is 4.30. The molecule has 3 amide bonds. The molecule has 28 heavy (non-hydrogen) atoms. The monoisotopic (exact) mass is 385 g/mol. The maximum absolute atomic E-state index is 13.5. The van der Waals surface area contributed by atoms with Crippen molar-refractivity contribution in [3.05, 3.63) is 53.6 Å². The molecule has 2 aliphatic heterocycles. The van der Waals surface area contributed by atoms with Gasteiger partial charge in [0.15, 0.2) is 0 Å². The highest BCUT2D eigenvalue weighted by Crippen LogP contribution is 2.35. The van der Waals surface area contributed by atoms with Crippen molar-refractivity contribution in [1.29, 1.82) is 0 Å². The zero-order valence-electron chi connectivity index (χ0n) is 15.8. The molecule has 148 valence electrons. The lowest BCUT2D eigenvalue weighted by Gasteiger charge is -2.38. The molecule has 2 fully saturated rings. The summed E-state index contributed by atoms with van der Waals surface area (Å²) in [5.41, 5.74) is 0.630. The van der Waals surface area contributed by atoms with E-state index in [2.05, 4.69) is 15.7 Å². The molecule has 2 aromatic rings. The summed E-state index contributed by atoms with van der Waals surface area (Å²) < 4.78 is 15.0. The molecular weight excluding hydrogens is 361 g/mol. The van der Waals surface area contributed by atoms with Crippen LogP contribution in [0.5, 0.6) is 0 Å². The van der Waals surface area contributed by atoms with Gasteiger partial charge in [-0.2, -0.15) is 5.10 Å². The first-order valence-corrected chi connectivity index (χ1v) is 9.55. The second-order valence-corrected chi connectivity index (χ2v) is 7.64. The molecule has 2 aliphatic rings. The molecule has 8 heteroatoms. The fraction of sp³-hybridized carbons (Fsp3) is 0.450. The number of benzene rings is 1. The van der Waals surface area contributed by atoms with Crippen LogP contribution in [0.25, 0.3) is 0 Å². The lowest BCUT2D eigenvalue weighted by molar-refractivity contribution is -0.134. The van der Waals surface area contributed by atoms with Crippen molar-refractivity contribution in [3.8, 4) is 0 Å². The van der Waals surface area contributed by atoms with Gasteiger partial charge in [0.25, 0.3) is 5.91 Å². The lowest BCUT2D eigenvalue weighted by Crippen LogP contribution is -2.57. The summed E-state index contributed by atoms with van der Waals surface area (Å²) >= 11 is 0. The van der Waals surface area contributed by atoms with Gasteiger partial charge in [-0.25, -0.2) is 9.18 Å². The number of urea groups is 1. The Labute approximate surface area is 162 Å². The predicted octanol–water partition coefficient (Wildman–Crippen LogP) is 1.59. The van der Waals surface area contributed by atoms with Crippen LogP contribution in [0.3, 0.4) is 0 Å². The number of hydrogen-bond donors (Lipinski definition) is 2. The van der Waals surface area contributed by atoms with Gasteiger partial charge < -0.3 is 10.6 Å². The fourth-order valence-electron chi connectivity index (χ4n) is 4.30. The van der Waals surface area contributed by atoms with Gasteiger partial charge in [0, 0.05) is 25.2 Å². The van der Waals surface area contributed by atoms with E-state index in [0.29, 0.717) is 6.42 Å². The third kappa shape index (κ3) is 3.40. The minimum absolute atomic E-state index is 0.0224. The summed E-state index contributed by atoms with van der Waals surface area (Å²) in [7, 11) is 1.79. The summed E-state index contributed by atoms with van der Waals surface area (Å²) in [4.78, 5) is 27.6. The molecule has 1 atom stereocenters. The van der Waals surface area contributed by atoms with Gasteiger partial charge in [-0.3, -0.25) is 14.4 Å². The third-order valence-corrected chi connectivity index (χ3v) is 5.73. The number of aryl methyl sites for hydroxylation is 1. The molecule has 0 bridgehead atoms. The van der Waals surface area contributed by atoms with E-state index in [0.717, 1.165) is 37.1 Å². The molecule has 1 unspecified atom stereocenters. The molecule has 0 saturated carbocycles.